The molecule has 0 spiro atoms. The molecule has 2 aromatic heterocycles. The average molecular weight is 389 g/mol. The number of fused-ring (bicyclic) bond motifs is 1. The van der Waals surface area contributed by atoms with Crippen molar-refractivity contribution >= 4 is 23.0 Å². The predicted octanol–water partition coefficient (Wildman–Crippen LogP) is 2.03. The van der Waals surface area contributed by atoms with E-state index < -0.39 is 12.3 Å². The van der Waals surface area contributed by atoms with Crippen molar-refractivity contribution in [1.29, 1.82) is 0 Å². The maximum absolute atomic E-state index is 11.7. The molecule has 2 N–H and O–H groups in total. The fraction of sp³-hybridized carbons (Fsp3) is 0.684. The number of hydrogen-bond donors (Lipinski definition) is 2. The highest BCUT2D eigenvalue weighted by molar-refractivity contribution is 5.82. The van der Waals surface area contributed by atoms with Crippen molar-refractivity contribution in [2.75, 3.05) is 11.9 Å². The molecule has 1 saturated carbocycles. The zero-order valence-electron chi connectivity index (χ0n) is 16.2. The number of esters is 1. The lowest BCUT2D eigenvalue weighted by Gasteiger charge is -2.17. The molecular weight excluding hydrogens is 362 g/mol. The highest BCUT2D eigenvalue weighted by Crippen LogP contribution is 2.32. The molecule has 3 heterocycles. The van der Waals surface area contributed by atoms with Gasteiger partial charge in [-0.3, -0.25) is 9.36 Å². The first-order valence-electron chi connectivity index (χ1n) is 9.97. The second kappa shape index (κ2) is 8.00. The minimum Gasteiger partial charge on any atom is -0.463 e. The van der Waals surface area contributed by atoms with Crippen LogP contribution in [0.2, 0.25) is 0 Å². The molecule has 0 amide bonds. The quantitative estimate of drug-likeness (QED) is 0.722. The van der Waals surface area contributed by atoms with Gasteiger partial charge in [0.05, 0.1) is 18.3 Å². The first-order valence-corrected chi connectivity index (χ1v) is 9.97. The summed E-state index contributed by atoms with van der Waals surface area (Å²) in [6.07, 6.45) is 6.50. The SMILES string of the molecule is CC(C)C(=O)OC[C@@H]1CC(O)[C@H](n2cnc3c(NC4CCCC4)ncnc32)O1. The van der Waals surface area contributed by atoms with Gasteiger partial charge in [-0.2, -0.15) is 0 Å². The van der Waals surface area contributed by atoms with Crippen LogP contribution in [0.4, 0.5) is 5.82 Å². The van der Waals surface area contributed by atoms with Gasteiger partial charge in [0.1, 0.15) is 19.0 Å². The molecule has 1 saturated heterocycles. The van der Waals surface area contributed by atoms with Crippen LogP contribution < -0.4 is 5.32 Å². The summed E-state index contributed by atoms with van der Waals surface area (Å²) in [5.74, 6) is 0.248. The minimum atomic E-state index is -0.735. The molecule has 28 heavy (non-hydrogen) atoms. The van der Waals surface area contributed by atoms with Crippen molar-refractivity contribution in [3.8, 4) is 0 Å². The van der Waals surface area contributed by atoms with E-state index in [0.29, 0.717) is 29.4 Å². The van der Waals surface area contributed by atoms with Crippen molar-refractivity contribution < 1.29 is 19.4 Å². The molecule has 9 heteroatoms. The van der Waals surface area contributed by atoms with Crippen LogP contribution in [0.3, 0.4) is 0 Å². The number of imidazole rings is 1. The average Bonchev–Trinajstić information content (AvgIpc) is 3.40. The summed E-state index contributed by atoms with van der Waals surface area (Å²) in [7, 11) is 0. The second-order valence-electron chi connectivity index (χ2n) is 7.91. The van der Waals surface area contributed by atoms with Gasteiger partial charge < -0.3 is 19.9 Å². The van der Waals surface area contributed by atoms with Gasteiger partial charge in [-0.15, -0.1) is 0 Å². The molecule has 1 aliphatic carbocycles. The van der Waals surface area contributed by atoms with E-state index >= 15 is 0 Å². The molecule has 152 valence electrons. The lowest BCUT2D eigenvalue weighted by Crippen LogP contribution is -2.21. The number of aliphatic hydroxyl groups excluding tert-OH is 1. The maximum Gasteiger partial charge on any atom is 0.308 e. The number of carbonyl (C=O) groups excluding carboxylic acids is 1. The monoisotopic (exact) mass is 389 g/mol. The van der Waals surface area contributed by atoms with Gasteiger partial charge >= 0.3 is 5.97 Å². The van der Waals surface area contributed by atoms with Crippen LogP contribution in [0.25, 0.3) is 11.2 Å². The van der Waals surface area contributed by atoms with E-state index in [-0.39, 0.29) is 24.6 Å². The number of hydrogen-bond acceptors (Lipinski definition) is 8. The Morgan fingerprint density at radius 2 is 2.14 bits per heavy atom. The van der Waals surface area contributed by atoms with E-state index in [2.05, 4.69) is 20.3 Å². The van der Waals surface area contributed by atoms with Crippen LogP contribution >= 0.6 is 0 Å². The molecular formula is C19H27N5O4. The van der Waals surface area contributed by atoms with E-state index in [9.17, 15) is 9.90 Å². The number of ether oxygens (including phenoxy) is 2. The van der Waals surface area contributed by atoms with Gasteiger partial charge in [-0.25, -0.2) is 15.0 Å². The van der Waals surface area contributed by atoms with E-state index in [1.54, 1.807) is 24.7 Å². The van der Waals surface area contributed by atoms with Gasteiger partial charge in [0.15, 0.2) is 23.2 Å². The van der Waals surface area contributed by atoms with Crippen LogP contribution in [-0.4, -0.2) is 55.5 Å². The predicted molar refractivity (Wildman–Crippen MR) is 102 cm³/mol. The number of rotatable bonds is 6. The molecule has 9 nitrogen and oxygen atoms in total. The summed E-state index contributed by atoms with van der Waals surface area (Å²) < 4.78 is 12.9. The van der Waals surface area contributed by atoms with Gasteiger partial charge in [-0.05, 0) is 12.8 Å². The van der Waals surface area contributed by atoms with Crippen molar-refractivity contribution in [3.63, 3.8) is 0 Å². The number of carbonyl (C=O) groups is 1. The smallest absolute Gasteiger partial charge is 0.308 e. The van der Waals surface area contributed by atoms with Crippen LogP contribution in [0, 0.1) is 5.92 Å². The minimum absolute atomic E-state index is 0.126. The molecule has 0 bridgehead atoms. The standard InChI is InChI=1S/C19H27N5O4/c1-11(2)19(26)27-8-13-7-14(25)18(28-13)24-10-22-15-16(20-9-21-17(15)24)23-12-5-3-4-6-12/h9-14,18,25H,3-8H2,1-2H3,(H,20,21,23)/t13-,14?,18+/m0/s1. The molecule has 2 fully saturated rings. The Hall–Kier alpha value is -2.26. The third-order valence-corrected chi connectivity index (χ3v) is 5.38. The summed E-state index contributed by atoms with van der Waals surface area (Å²) in [6, 6.07) is 0.414. The fourth-order valence-electron chi connectivity index (χ4n) is 3.84. The lowest BCUT2D eigenvalue weighted by molar-refractivity contribution is -0.152. The summed E-state index contributed by atoms with van der Waals surface area (Å²) in [4.78, 5) is 24.8. The van der Waals surface area contributed by atoms with Gasteiger partial charge in [0, 0.05) is 12.5 Å². The number of nitrogens with one attached hydrogen (secondary N) is 1. The normalized spacial score (nSPS) is 25.6. The van der Waals surface area contributed by atoms with Gasteiger partial charge in [0.25, 0.3) is 0 Å². The molecule has 2 aliphatic rings. The fourth-order valence-corrected chi connectivity index (χ4v) is 3.84. The van der Waals surface area contributed by atoms with Crippen LogP contribution in [0.5, 0.6) is 0 Å². The Bertz CT molecular complexity index is 833. The Morgan fingerprint density at radius 3 is 2.89 bits per heavy atom. The second-order valence-corrected chi connectivity index (χ2v) is 7.91. The molecule has 3 atom stereocenters. The van der Waals surface area contributed by atoms with E-state index in [1.807, 2.05) is 0 Å². The first kappa shape index (κ1) is 19.1. The number of aliphatic hydroxyl groups is 1. The number of aromatic nitrogens is 4. The molecule has 4 rings (SSSR count). The largest absolute Gasteiger partial charge is 0.463 e. The highest BCUT2D eigenvalue weighted by Gasteiger charge is 2.37. The van der Waals surface area contributed by atoms with Crippen molar-refractivity contribution in [1.82, 2.24) is 19.5 Å². The first-order chi connectivity index (χ1) is 13.5. The number of anilines is 1. The van der Waals surface area contributed by atoms with Gasteiger partial charge in [0.2, 0.25) is 0 Å². The third-order valence-electron chi connectivity index (χ3n) is 5.38. The van der Waals surface area contributed by atoms with E-state index in [1.165, 1.54) is 19.2 Å². The Kier molecular flexibility index (Phi) is 5.45. The Labute approximate surface area is 163 Å². The van der Waals surface area contributed by atoms with Crippen LogP contribution in [-0.2, 0) is 14.3 Å². The van der Waals surface area contributed by atoms with Crippen LogP contribution in [0.1, 0.15) is 52.2 Å². The zero-order chi connectivity index (χ0) is 19.7. The molecule has 2 aromatic rings. The topological polar surface area (TPSA) is 111 Å². The summed E-state index contributed by atoms with van der Waals surface area (Å²) in [5, 5.41) is 14.0. The van der Waals surface area contributed by atoms with E-state index in [4.69, 9.17) is 9.47 Å². The Balaban J connectivity index is 1.48. The Morgan fingerprint density at radius 1 is 1.36 bits per heavy atom. The highest BCUT2D eigenvalue weighted by atomic mass is 16.6. The zero-order valence-corrected chi connectivity index (χ0v) is 16.2. The van der Waals surface area contributed by atoms with Crippen LogP contribution in [0.15, 0.2) is 12.7 Å². The van der Waals surface area contributed by atoms with E-state index in [0.717, 1.165) is 12.8 Å². The number of nitrogens with zero attached hydrogens (tertiary/aromatic N) is 4. The summed E-state index contributed by atoms with van der Waals surface area (Å²) >= 11 is 0. The van der Waals surface area contributed by atoms with Crippen molar-refractivity contribution in [3.05, 3.63) is 12.7 Å². The van der Waals surface area contributed by atoms with Gasteiger partial charge in [-0.1, -0.05) is 26.7 Å². The molecule has 1 aliphatic heterocycles. The third kappa shape index (κ3) is 3.81. The van der Waals surface area contributed by atoms with Crippen molar-refractivity contribution in [2.45, 2.75) is 70.4 Å². The molecule has 1 unspecified atom stereocenters. The molecule has 0 radical (unpaired) electrons. The van der Waals surface area contributed by atoms with Crippen molar-refractivity contribution in [2.24, 2.45) is 5.92 Å². The molecule has 0 aromatic carbocycles. The lowest BCUT2D eigenvalue weighted by atomic mass is 10.2. The summed E-state index contributed by atoms with van der Waals surface area (Å²) in [6.45, 7) is 3.69. The summed E-state index contributed by atoms with van der Waals surface area (Å²) in [5.41, 5.74) is 1.28. The maximum atomic E-state index is 11.7.